The van der Waals surface area contributed by atoms with Crippen molar-refractivity contribution >= 4 is 11.9 Å². The number of esters is 1. The van der Waals surface area contributed by atoms with E-state index in [0.717, 1.165) is 44.9 Å². The summed E-state index contributed by atoms with van der Waals surface area (Å²) < 4.78 is 5.50. The van der Waals surface area contributed by atoms with Gasteiger partial charge in [-0.15, -0.1) is 0 Å². The summed E-state index contributed by atoms with van der Waals surface area (Å²) in [5.41, 5.74) is 0. The first-order chi connectivity index (χ1) is 34.0. The first-order valence-corrected chi connectivity index (χ1v) is 31.1. The van der Waals surface area contributed by atoms with Gasteiger partial charge < -0.3 is 20.3 Å². The van der Waals surface area contributed by atoms with E-state index >= 15 is 0 Å². The van der Waals surface area contributed by atoms with Gasteiger partial charge in [0, 0.05) is 12.8 Å². The first-order valence-electron chi connectivity index (χ1n) is 31.1. The maximum atomic E-state index is 12.4. The Kier molecular flexibility index (Phi) is 57.5. The van der Waals surface area contributed by atoms with Gasteiger partial charge in [0.2, 0.25) is 5.91 Å². The highest BCUT2D eigenvalue weighted by Crippen LogP contribution is 2.17. The predicted molar refractivity (Wildman–Crippen MR) is 301 cm³/mol. The normalized spacial score (nSPS) is 12.7. The Labute approximate surface area is 431 Å². The Morgan fingerprint density at radius 1 is 0.406 bits per heavy atom. The summed E-state index contributed by atoms with van der Waals surface area (Å²) in [7, 11) is 0. The summed E-state index contributed by atoms with van der Waals surface area (Å²) >= 11 is 0. The fraction of sp³-hybridized carbons (Fsp3) is 0.905. The highest BCUT2D eigenvalue weighted by atomic mass is 16.5. The van der Waals surface area contributed by atoms with Gasteiger partial charge >= 0.3 is 5.97 Å². The van der Waals surface area contributed by atoms with Crippen molar-refractivity contribution < 1.29 is 24.5 Å². The summed E-state index contributed by atoms with van der Waals surface area (Å²) in [4.78, 5) is 24.5. The minimum atomic E-state index is -0.666. The van der Waals surface area contributed by atoms with E-state index in [2.05, 4.69) is 43.5 Å². The highest BCUT2D eigenvalue weighted by Gasteiger charge is 2.20. The van der Waals surface area contributed by atoms with Crippen molar-refractivity contribution in [3.05, 3.63) is 24.3 Å². The molecule has 3 N–H and O–H groups in total. The van der Waals surface area contributed by atoms with E-state index in [1.54, 1.807) is 0 Å². The number of ether oxygens (including phenoxy) is 1. The molecule has 0 radical (unpaired) electrons. The molecule has 408 valence electrons. The fourth-order valence-electron chi connectivity index (χ4n) is 9.73. The number of nitrogens with one attached hydrogen (secondary N) is 1. The van der Waals surface area contributed by atoms with Crippen LogP contribution in [0.25, 0.3) is 0 Å². The number of hydrogen-bond donors (Lipinski definition) is 3. The molecule has 0 aliphatic carbocycles. The van der Waals surface area contributed by atoms with Gasteiger partial charge in [-0.1, -0.05) is 295 Å². The SMILES string of the molecule is CCCCCCCCCCCCCCCCCCCCC(=O)OCCCCCCCCCCC/C=C\C/C=C\CCCCCCCCCCCC(=O)NC(CO)C(O)CCCCCCCCCCC. The minimum Gasteiger partial charge on any atom is -0.466 e. The van der Waals surface area contributed by atoms with Gasteiger partial charge in [0.25, 0.3) is 0 Å². The number of aliphatic hydroxyl groups excluding tert-OH is 2. The molecule has 6 nitrogen and oxygen atoms in total. The molecule has 0 aromatic carbocycles. The van der Waals surface area contributed by atoms with Crippen molar-refractivity contribution in [2.45, 2.75) is 353 Å². The third kappa shape index (κ3) is 55.5. The molecule has 0 aromatic heterocycles. The number of carbonyl (C=O) groups is 2. The zero-order valence-electron chi connectivity index (χ0n) is 46.6. The lowest BCUT2D eigenvalue weighted by Crippen LogP contribution is -2.45. The van der Waals surface area contributed by atoms with Gasteiger partial charge in [0.05, 0.1) is 25.4 Å². The van der Waals surface area contributed by atoms with Crippen LogP contribution in [0.4, 0.5) is 0 Å². The summed E-state index contributed by atoms with van der Waals surface area (Å²) in [6.45, 7) is 4.95. The lowest BCUT2D eigenvalue weighted by atomic mass is 10.0. The summed E-state index contributed by atoms with van der Waals surface area (Å²) in [6.07, 6.45) is 72.0. The molecule has 2 atom stereocenters. The summed E-state index contributed by atoms with van der Waals surface area (Å²) in [5.74, 6) is -0.0292. The van der Waals surface area contributed by atoms with Crippen molar-refractivity contribution in [3.63, 3.8) is 0 Å². The van der Waals surface area contributed by atoms with E-state index in [9.17, 15) is 19.8 Å². The van der Waals surface area contributed by atoms with Gasteiger partial charge in [-0.25, -0.2) is 0 Å². The second kappa shape index (κ2) is 58.9. The van der Waals surface area contributed by atoms with Crippen LogP contribution in [0.3, 0.4) is 0 Å². The van der Waals surface area contributed by atoms with E-state index in [0.29, 0.717) is 25.9 Å². The Bertz CT molecular complexity index is 1080. The van der Waals surface area contributed by atoms with Crippen molar-refractivity contribution in [3.8, 4) is 0 Å². The van der Waals surface area contributed by atoms with Gasteiger partial charge in [0.15, 0.2) is 0 Å². The molecule has 1 amide bonds. The van der Waals surface area contributed by atoms with E-state index in [-0.39, 0.29) is 18.5 Å². The van der Waals surface area contributed by atoms with Crippen LogP contribution in [0.15, 0.2) is 24.3 Å². The van der Waals surface area contributed by atoms with Gasteiger partial charge in [-0.2, -0.15) is 0 Å². The lowest BCUT2D eigenvalue weighted by Gasteiger charge is -2.22. The standard InChI is InChI=1S/C63H121NO5/c1-3-5-7-9-11-13-14-15-16-17-28-31-34-37-41-45-49-53-57-63(68)69-58-54-50-46-42-38-35-32-29-26-24-22-20-18-19-21-23-25-27-30-33-36-40-44-48-52-56-62(67)64-60(59-65)61(66)55-51-47-43-39-12-10-8-6-4-2/h19-22,60-61,65-66H,3-18,23-59H2,1-2H3,(H,64,67)/b21-19-,22-20-. The zero-order chi connectivity index (χ0) is 50.0. The van der Waals surface area contributed by atoms with Gasteiger partial charge in [-0.05, 0) is 57.8 Å². The zero-order valence-corrected chi connectivity index (χ0v) is 46.6. The summed E-state index contributed by atoms with van der Waals surface area (Å²) in [6, 6.07) is -0.544. The second-order valence-corrected chi connectivity index (χ2v) is 21.4. The molecule has 69 heavy (non-hydrogen) atoms. The van der Waals surface area contributed by atoms with Crippen LogP contribution in [0, 0.1) is 0 Å². The minimum absolute atomic E-state index is 0.0136. The topological polar surface area (TPSA) is 95.9 Å². The number of carbonyl (C=O) groups excluding carboxylic acids is 2. The van der Waals surface area contributed by atoms with E-state index in [4.69, 9.17) is 4.74 Å². The molecule has 0 heterocycles. The maximum absolute atomic E-state index is 12.4. The van der Waals surface area contributed by atoms with Crippen molar-refractivity contribution in [1.29, 1.82) is 0 Å². The maximum Gasteiger partial charge on any atom is 0.305 e. The molecule has 0 aliphatic heterocycles. The van der Waals surface area contributed by atoms with Crippen LogP contribution in [0.1, 0.15) is 341 Å². The van der Waals surface area contributed by atoms with Crippen LogP contribution < -0.4 is 5.32 Å². The number of rotatable bonds is 58. The van der Waals surface area contributed by atoms with Crippen molar-refractivity contribution in [1.82, 2.24) is 5.32 Å². The molecule has 0 saturated carbocycles. The molecule has 0 saturated heterocycles. The Morgan fingerprint density at radius 3 is 1.10 bits per heavy atom. The lowest BCUT2D eigenvalue weighted by molar-refractivity contribution is -0.143. The van der Waals surface area contributed by atoms with Crippen molar-refractivity contribution in [2.75, 3.05) is 13.2 Å². The quantitative estimate of drug-likeness (QED) is 0.0321. The Hall–Kier alpha value is -1.66. The summed E-state index contributed by atoms with van der Waals surface area (Å²) in [5, 5.41) is 23.1. The smallest absolute Gasteiger partial charge is 0.305 e. The molecule has 0 aromatic rings. The molecule has 6 heteroatoms. The number of unbranched alkanes of at least 4 members (excludes halogenated alkanes) is 43. The molecule has 0 rings (SSSR count). The van der Waals surface area contributed by atoms with Crippen LogP contribution in [-0.2, 0) is 14.3 Å². The van der Waals surface area contributed by atoms with Gasteiger partial charge in [0.1, 0.15) is 0 Å². The van der Waals surface area contributed by atoms with E-state index in [1.807, 2.05) is 0 Å². The second-order valence-electron chi connectivity index (χ2n) is 21.4. The predicted octanol–water partition coefficient (Wildman–Crippen LogP) is 19.4. The average molecular weight is 973 g/mol. The molecule has 0 bridgehead atoms. The van der Waals surface area contributed by atoms with E-state index < -0.39 is 12.1 Å². The third-order valence-electron chi connectivity index (χ3n) is 14.5. The number of amides is 1. The molecule has 0 fully saturated rings. The fourth-order valence-corrected chi connectivity index (χ4v) is 9.73. The third-order valence-corrected chi connectivity index (χ3v) is 14.5. The van der Waals surface area contributed by atoms with Crippen LogP contribution in [0.5, 0.6) is 0 Å². The van der Waals surface area contributed by atoms with Crippen LogP contribution >= 0.6 is 0 Å². The largest absolute Gasteiger partial charge is 0.466 e. The van der Waals surface area contributed by atoms with Gasteiger partial charge in [-0.3, -0.25) is 9.59 Å². The molecule has 2 unspecified atom stereocenters. The number of allylic oxidation sites excluding steroid dienone is 4. The molecule has 0 aliphatic rings. The number of hydrogen-bond acceptors (Lipinski definition) is 5. The molecular formula is C63H121NO5. The first kappa shape index (κ1) is 67.3. The van der Waals surface area contributed by atoms with E-state index in [1.165, 1.54) is 263 Å². The average Bonchev–Trinajstić information content (AvgIpc) is 3.35. The van der Waals surface area contributed by atoms with Crippen LogP contribution in [0.2, 0.25) is 0 Å². The number of aliphatic hydroxyl groups is 2. The monoisotopic (exact) mass is 972 g/mol. The Balaban J connectivity index is 3.38. The highest BCUT2D eigenvalue weighted by molar-refractivity contribution is 5.76. The molecular weight excluding hydrogens is 851 g/mol. The molecule has 0 spiro atoms. The van der Waals surface area contributed by atoms with Crippen molar-refractivity contribution in [2.24, 2.45) is 0 Å². The Morgan fingerprint density at radius 2 is 0.725 bits per heavy atom. The van der Waals surface area contributed by atoms with Crippen LogP contribution in [-0.4, -0.2) is 47.4 Å².